The maximum absolute atomic E-state index is 6.27. The number of likely N-dealkylation sites (N-methyl/N-ethyl adjacent to an activating group) is 1. The molecule has 1 aromatic rings. The lowest BCUT2D eigenvalue weighted by molar-refractivity contribution is 0.0549. The number of piperazine rings is 1. The molecule has 1 aromatic carbocycles. The molecule has 0 spiro atoms. The van der Waals surface area contributed by atoms with Gasteiger partial charge in [0.05, 0.1) is 0 Å². The van der Waals surface area contributed by atoms with E-state index in [1.807, 2.05) is 12.1 Å². The van der Waals surface area contributed by atoms with Gasteiger partial charge in [0, 0.05) is 42.8 Å². The van der Waals surface area contributed by atoms with Crippen molar-refractivity contribution in [2.45, 2.75) is 38.4 Å². The Morgan fingerprint density at radius 3 is 2.50 bits per heavy atom. The van der Waals surface area contributed by atoms with Gasteiger partial charge in [-0.05, 0) is 38.1 Å². The smallest absolute Gasteiger partial charge is 0.0497 e. The lowest BCUT2D eigenvalue weighted by Gasteiger charge is -2.44. The van der Waals surface area contributed by atoms with Gasteiger partial charge in [-0.1, -0.05) is 30.7 Å². The Morgan fingerprint density at radius 1 is 1.30 bits per heavy atom. The third kappa shape index (κ3) is 3.53. The van der Waals surface area contributed by atoms with Gasteiger partial charge in [0.15, 0.2) is 0 Å². The average Bonchev–Trinajstić information content (AvgIpc) is 2.42. The molecule has 2 N–H and O–H groups in total. The van der Waals surface area contributed by atoms with Crippen LogP contribution in [0.15, 0.2) is 24.3 Å². The minimum absolute atomic E-state index is 0.108. The van der Waals surface area contributed by atoms with E-state index in [4.69, 9.17) is 17.3 Å². The number of hydrogen-bond acceptors (Lipinski definition) is 3. The highest BCUT2D eigenvalue weighted by molar-refractivity contribution is 6.30. The first-order chi connectivity index (χ1) is 9.52. The van der Waals surface area contributed by atoms with E-state index in [9.17, 15) is 0 Å². The van der Waals surface area contributed by atoms with Gasteiger partial charge in [-0.2, -0.15) is 0 Å². The lowest BCUT2D eigenvalue weighted by atomic mass is 9.97. The van der Waals surface area contributed by atoms with E-state index in [2.05, 4.69) is 42.8 Å². The number of halogens is 1. The molecule has 1 fully saturated rings. The Morgan fingerprint density at radius 2 is 1.95 bits per heavy atom. The normalized spacial score (nSPS) is 24.6. The zero-order chi connectivity index (χ0) is 14.7. The van der Waals surface area contributed by atoms with Crippen molar-refractivity contribution in [1.29, 1.82) is 0 Å². The van der Waals surface area contributed by atoms with Crippen molar-refractivity contribution < 1.29 is 0 Å². The first-order valence-electron chi connectivity index (χ1n) is 7.48. The fourth-order valence-corrected chi connectivity index (χ4v) is 3.30. The second-order valence-corrected chi connectivity index (χ2v) is 6.33. The highest BCUT2D eigenvalue weighted by Gasteiger charge is 2.30. The summed E-state index contributed by atoms with van der Waals surface area (Å²) in [6, 6.07) is 9.13. The molecule has 0 bridgehead atoms. The molecule has 1 aliphatic heterocycles. The third-order valence-electron chi connectivity index (χ3n) is 4.38. The van der Waals surface area contributed by atoms with E-state index in [0.717, 1.165) is 24.7 Å². The van der Waals surface area contributed by atoms with E-state index in [-0.39, 0.29) is 12.1 Å². The largest absolute Gasteiger partial charge is 0.326 e. The molecular formula is C16H26ClN3. The summed E-state index contributed by atoms with van der Waals surface area (Å²) in [4.78, 5) is 4.98. The maximum Gasteiger partial charge on any atom is 0.0497 e. The summed E-state index contributed by atoms with van der Waals surface area (Å²) in [5.74, 6) is 0. The van der Waals surface area contributed by atoms with Crippen LogP contribution in [-0.2, 0) is 0 Å². The van der Waals surface area contributed by atoms with Crippen LogP contribution in [0.25, 0.3) is 0 Å². The van der Waals surface area contributed by atoms with Crippen LogP contribution in [0, 0.1) is 0 Å². The van der Waals surface area contributed by atoms with Gasteiger partial charge < -0.3 is 10.6 Å². The van der Waals surface area contributed by atoms with Crippen LogP contribution in [0.3, 0.4) is 0 Å². The predicted octanol–water partition coefficient (Wildman–Crippen LogP) is 2.75. The van der Waals surface area contributed by atoms with Crippen LogP contribution in [0.5, 0.6) is 0 Å². The Bertz CT molecular complexity index is 418. The van der Waals surface area contributed by atoms with Gasteiger partial charge in [0.2, 0.25) is 0 Å². The van der Waals surface area contributed by atoms with Gasteiger partial charge in [0.25, 0.3) is 0 Å². The SMILES string of the molecule is CCC1CN(C(c2ccc(Cl)cc2)C(C)N)CCN1C. The Labute approximate surface area is 127 Å². The van der Waals surface area contributed by atoms with Crippen molar-refractivity contribution in [2.75, 3.05) is 26.7 Å². The maximum atomic E-state index is 6.27. The fraction of sp³-hybridized carbons (Fsp3) is 0.625. The van der Waals surface area contributed by atoms with Crippen LogP contribution >= 0.6 is 11.6 Å². The fourth-order valence-electron chi connectivity index (χ4n) is 3.17. The van der Waals surface area contributed by atoms with E-state index in [0.29, 0.717) is 6.04 Å². The first kappa shape index (κ1) is 15.8. The number of nitrogens with two attached hydrogens (primary N) is 1. The lowest BCUT2D eigenvalue weighted by Crippen LogP contribution is -2.54. The monoisotopic (exact) mass is 295 g/mol. The number of nitrogens with zero attached hydrogens (tertiary/aromatic N) is 2. The van der Waals surface area contributed by atoms with Crippen molar-refractivity contribution in [2.24, 2.45) is 5.73 Å². The quantitative estimate of drug-likeness (QED) is 0.927. The zero-order valence-corrected chi connectivity index (χ0v) is 13.5. The summed E-state index contributed by atoms with van der Waals surface area (Å²) in [6.07, 6.45) is 1.18. The molecule has 3 unspecified atom stereocenters. The van der Waals surface area contributed by atoms with Crippen LogP contribution in [0.4, 0.5) is 0 Å². The second-order valence-electron chi connectivity index (χ2n) is 5.89. The highest BCUT2D eigenvalue weighted by atomic mass is 35.5. The number of benzene rings is 1. The summed E-state index contributed by atoms with van der Waals surface area (Å²) in [6.45, 7) is 7.62. The van der Waals surface area contributed by atoms with Gasteiger partial charge in [-0.15, -0.1) is 0 Å². The van der Waals surface area contributed by atoms with Gasteiger partial charge in [0.1, 0.15) is 0 Å². The summed E-state index contributed by atoms with van der Waals surface area (Å²) in [5, 5.41) is 0.780. The second kappa shape index (κ2) is 6.90. The van der Waals surface area contributed by atoms with Crippen molar-refractivity contribution in [3.63, 3.8) is 0 Å². The molecule has 0 saturated carbocycles. The summed E-state index contributed by atoms with van der Waals surface area (Å²) in [7, 11) is 2.22. The zero-order valence-electron chi connectivity index (χ0n) is 12.7. The first-order valence-corrected chi connectivity index (χ1v) is 7.86. The molecule has 1 saturated heterocycles. The molecular weight excluding hydrogens is 270 g/mol. The van der Waals surface area contributed by atoms with Crippen molar-refractivity contribution in [3.05, 3.63) is 34.9 Å². The van der Waals surface area contributed by atoms with Gasteiger partial charge in [-0.3, -0.25) is 4.90 Å². The van der Waals surface area contributed by atoms with Crippen molar-refractivity contribution in [1.82, 2.24) is 9.80 Å². The van der Waals surface area contributed by atoms with E-state index in [1.54, 1.807) is 0 Å². The Kier molecular flexibility index (Phi) is 5.44. The standard InChI is InChI=1S/C16H26ClN3/c1-4-15-11-20(10-9-19(15)3)16(12(2)18)13-5-7-14(17)8-6-13/h5-8,12,15-16H,4,9-11,18H2,1-3H3. The molecule has 2 rings (SSSR count). The molecule has 4 heteroatoms. The Balaban J connectivity index is 2.18. The average molecular weight is 296 g/mol. The van der Waals surface area contributed by atoms with Gasteiger partial charge in [-0.25, -0.2) is 0 Å². The molecule has 0 amide bonds. The molecule has 0 aliphatic carbocycles. The molecule has 0 radical (unpaired) electrons. The molecule has 1 heterocycles. The van der Waals surface area contributed by atoms with E-state index >= 15 is 0 Å². The van der Waals surface area contributed by atoms with Crippen LogP contribution < -0.4 is 5.73 Å². The van der Waals surface area contributed by atoms with E-state index < -0.39 is 0 Å². The van der Waals surface area contributed by atoms with Crippen LogP contribution in [0.1, 0.15) is 31.9 Å². The number of rotatable bonds is 4. The minimum atomic E-state index is 0.108. The van der Waals surface area contributed by atoms with Crippen molar-refractivity contribution >= 4 is 11.6 Å². The van der Waals surface area contributed by atoms with E-state index in [1.165, 1.54) is 12.0 Å². The molecule has 3 nitrogen and oxygen atoms in total. The molecule has 0 aromatic heterocycles. The molecule has 20 heavy (non-hydrogen) atoms. The molecule has 3 atom stereocenters. The van der Waals surface area contributed by atoms with Crippen LogP contribution in [0.2, 0.25) is 5.02 Å². The highest BCUT2D eigenvalue weighted by Crippen LogP contribution is 2.27. The minimum Gasteiger partial charge on any atom is -0.326 e. The molecule has 112 valence electrons. The number of hydrogen-bond donors (Lipinski definition) is 1. The molecule has 1 aliphatic rings. The summed E-state index contributed by atoms with van der Waals surface area (Å²) < 4.78 is 0. The summed E-state index contributed by atoms with van der Waals surface area (Å²) in [5.41, 5.74) is 7.54. The topological polar surface area (TPSA) is 32.5 Å². The summed E-state index contributed by atoms with van der Waals surface area (Å²) >= 11 is 5.99. The predicted molar refractivity (Wildman–Crippen MR) is 86.1 cm³/mol. The van der Waals surface area contributed by atoms with Gasteiger partial charge >= 0.3 is 0 Å². The third-order valence-corrected chi connectivity index (χ3v) is 4.63. The Hall–Kier alpha value is -0.610. The van der Waals surface area contributed by atoms with Crippen LogP contribution in [-0.4, -0.2) is 48.6 Å². The van der Waals surface area contributed by atoms with Crippen molar-refractivity contribution in [3.8, 4) is 0 Å².